The van der Waals surface area contributed by atoms with Gasteiger partial charge >= 0.3 is 0 Å². The molecule has 78 valence electrons. The average molecular weight is 196 g/mol. The molecule has 3 nitrogen and oxygen atoms in total. The van der Waals surface area contributed by atoms with E-state index in [4.69, 9.17) is 14.6 Å². The van der Waals surface area contributed by atoms with Gasteiger partial charge in [0.2, 0.25) is 0 Å². The fourth-order valence-electron chi connectivity index (χ4n) is 1.42. The smallest absolute Gasteiger partial charge is 0.163 e. The summed E-state index contributed by atoms with van der Waals surface area (Å²) >= 11 is 0. The first kappa shape index (κ1) is 10.9. The molecule has 0 aliphatic carbocycles. The lowest BCUT2D eigenvalue weighted by Gasteiger charge is -2.11. The SMILES string of the molecule is COc1cccc(CCCO)c1OC. The van der Waals surface area contributed by atoms with Crippen molar-refractivity contribution in [1.29, 1.82) is 0 Å². The number of aryl methyl sites for hydroxylation is 1. The van der Waals surface area contributed by atoms with E-state index in [0.717, 1.165) is 29.9 Å². The summed E-state index contributed by atoms with van der Waals surface area (Å²) in [5.41, 5.74) is 1.07. The molecular formula is C11H16O3. The number of para-hydroxylation sites is 1. The molecular weight excluding hydrogens is 180 g/mol. The maximum atomic E-state index is 8.75. The van der Waals surface area contributed by atoms with Gasteiger partial charge in [0.15, 0.2) is 11.5 Å². The number of rotatable bonds is 5. The highest BCUT2D eigenvalue weighted by atomic mass is 16.5. The van der Waals surface area contributed by atoms with Crippen LogP contribution in [0.1, 0.15) is 12.0 Å². The van der Waals surface area contributed by atoms with Gasteiger partial charge in [-0.25, -0.2) is 0 Å². The molecule has 0 aliphatic heterocycles. The standard InChI is InChI=1S/C11H16O3/c1-13-10-7-3-5-9(6-4-8-12)11(10)14-2/h3,5,7,12H,4,6,8H2,1-2H3. The van der Waals surface area contributed by atoms with Crippen molar-refractivity contribution in [2.24, 2.45) is 0 Å². The van der Waals surface area contributed by atoms with Crippen LogP contribution < -0.4 is 9.47 Å². The van der Waals surface area contributed by atoms with E-state index in [-0.39, 0.29) is 6.61 Å². The highest BCUT2D eigenvalue weighted by Gasteiger charge is 2.08. The Morgan fingerprint density at radius 1 is 1.21 bits per heavy atom. The van der Waals surface area contributed by atoms with Crippen LogP contribution in [0.3, 0.4) is 0 Å². The largest absolute Gasteiger partial charge is 0.493 e. The number of methoxy groups -OCH3 is 2. The van der Waals surface area contributed by atoms with Crippen LogP contribution in [0, 0.1) is 0 Å². The second kappa shape index (κ2) is 5.50. The Morgan fingerprint density at radius 2 is 2.00 bits per heavy atom. The summed E-state index contributed by atoms with van der Waals surface area (Å²) in [5, 5.41) is 8.75. The molecule has 0 saturated heterocycles. The third-order valence-corrected chi connectivity index (χ3v) is 2.09. The van der Waals surface area contributed by atoms with E-state index in [9.17, 15) is 0 Å². The molecule has 0 amide bonds. The lowest BCUT2D eigenvalue weighted by molar-refractivity contribution is 0.287. The first-order valence-corrected chi connectivity index (χ1v) is 4.64. The van der Waals surface area contributed by atoms with Crippen molar-refractivity contribution in [2.75, 3.05) is 20.8 Å². The second-order valence-corrected chi connectivity index (χ2v) is 2.98. The Labute approximate surface area is 84.3 Å². The molecule has 0 fully saturated rings. The number of aliphatic hydroxyl groups excluding tert-OH is 1. The molecule has 3 heteroatoms. The van der Waals surface area contributed by atoms with E-state index < -0.39 is 0 Å². The summed E-state index contributed by atoms with van der Waals surface area (Å²) in [5.74, 6) is 1.51. The van der Waals surface area contributed by atoms with Crippen LogP contribution in [-0.2, 0) is 6.42 Å². The zero-order valence-electron chi connectivity index (χ0n) is 8.62. The van der Waals surface area contributed by atoms with E-state index in [1.165, 1.54) is 0 Å². The molecule has 0 radical (unpaired) electrons. The van der Waals surface area contributed by atoms with Crippen molar-refractivity contribution in [1.82, 2.24) is 0 Å². The zero-order valence-corrected chi connectivity index (χ0v) is 8.62. The van der Waals surface area contributed by atoms with Crippen LogP contribution in [-0.4, -0.2) is 25.9 Å². The molecule has 0 aromatic heterocycles. The van der Waals surface area contributed by atoms with Gasteiger partial charge in [-0.15, -0.1) is 0 Å². The van der Waals surface area contributed by atoms with Gasteiger partial charge in [-0.3, -0.25) is 0 Å². The molecule has 0 heterocycles. The predicted molar refractivity (Wildman–Crippen MR) is 55.0 cm³/mol. The number of benzene rings is 1. The van der Waals surface area contributed by atoms with Gasteiger partial charge in [0, 0.05) is 6.61 Å². The van der Waals surface area contributed by atoms with Crippen molar-refractivity contribution < 1.29 is 14.6 Å². The Kier molecular flexibility index (Phi) is 4.26. The molecule has 0 atom stereocenters. The van der Waals surface area contributed by atoms with Gasteiger partial charge in [0.05, 0.1) is 14.2 Å². The first-order valence-electron chi connectivity index (χ1n) is 4.64. The van der Waals surface area contributed by atoms with Gasteiger partial charge in [-0.1, -0.05) is 12.1 Å². The minimum absolute atomic E-state index is 0.195. The third kappa shape index (κ3) is 2.39. The Balaban J connectivity index is 2.90. The van der Waals surface area contributed by atoms with Gasteiger partial charge < -0.3 is 14.6 Å². The van der Waals surface area contributed by atoms with Gasteiger partial charge in [0.1, 0.15) is 0 Å². The highest BCUT2D eigenvalue weighted by Crippen LogP contribution is 2.31. The molecule has 1 rings (SSSR count). The van der Waals surface area contributed by atoms with Gasteiger partial charge in [-0.2, -0.15) is 0 Å². The van der Waals surface area contributed by atoms with E-state index >= 15 is 0 Å². The highest BCUT2D eigenvalue weighted by molar-refractivity contribution is 5.46. The van der Waals surface area contributed by atoms with E-state index in [2.05, 4.69) is 0 Å². The molecule has 0 aliphatic rings. The van der Waals surface area contributed by atoms with Crippen molar-refractivity contribution in [3.63, 3.8) is 0 Å². The summed E-state index contributed by atoms with van der Waals surface area (Å²) in [6.45, 7) is 0.195. The number of hydrogen-bond acceptors (Lipinski definition) is 3. The van der Waals surface area contributed by atoms with Crippen LogP contribution in [0.4, 0.5) is 0 Å². The summed E-state index contributed by atoms with van der Waals surface area (Å²) in [6.07, 6.45) is 1.54. The number of hydrogen-bond donors (Lipinski definition) is 1. The van der Waals surface area contributed by atoms with Gasteiger partial charge in [-0.05, 0) is 24.5 Å². The molecule has 0 saturated carbocycles. The van der Waals surface area contributed by atoms with E-state index in [1.54, 1.807) is 14.2 Å². The normalized spacial score (nSPS) is 9.93. The summed E-state index contributed by atoms with van der Waals surface area (Å²) in [4.78, 5) is 0. The maximum absolute atomic E-state index is 8.75. The van der Waals surface area contributed by atoms with Crippen LogP contribution in [0.5, 0.6) is 11.5 Å². The fourth-order valence-corrected chi connectivity index (χ4v) is 1.42. The lowest BCUT2D eigenvalue weighted by Crippen LogP contribution is -1.97. The van der Waals surface area contributed by atoms with Gasteiger partial charge in [0.25, 0.3) is 0 Å². The monoisotopic (exact) mass is 196 g/mol. The fraction of sp³-hybridized carbons (Fsp3) is 0.455. The molecule has 0 unspecified atom stereocenters. The average Bonchev–Trinajstić information content (AvgIpc) is 2.25. The molecule has 1 N–H and O–H groups in total. The summed E-state index contributed by atoms with van der Waals surface area (Å²) in [6, 6.07) is 5.77. The Hall–Kier alpha value is -1.22. The summed E-state index contributed by atoms with van der Waals surface area (Å²) < 4.78 is 10.4. The zero-order chi connectivity index (χ0) is 10.4. The third-order valence-electron chi connectivity index (χ3n) is 2.09. The number of aliphatic hydroxyl groups is 1. The predicted octanol–water partition coefficient (Wildman–Crippen LogP) is 1.63. The molecule has 0 spiro atoms. The lowest BCUT2D eigenvalue weighted by atomic mass is 10.1. The van der Waals surface area contributed by atoms with Crippen LogP contribution in [0.15, 0.2) is 18.2 Å². The molecule has 0 bridgehead atoms. The topological polar surface area (TPSA) is 38.7 Å². The van der Waals surface area contributed by atoms with E-state index in [0.29, 0.717) is 0 Å². The van der Waals surface area contributed by atoms with Crippen LogP contribution >= 0.6 is 0 Å². The maximum Gasteiger partial charge on any atom is 0.163 e. The van der Waals surface area contributed by atoms with Crippen molar-refractivity contribution in [2.45, 2.75) is 12.8 Å². The first-order chi connectivity index (χ1) is 6.83. The molecule has 1 aromatic carbocycles. The van der Waals surface area contributed by atoms with Crippen LogP contribution in [0.2, 0.25) is 0 Å². The van der Waals surface area contributed by atoms with E-state index in [1.807, 2.05) is 18.2 Å². The second-order valence-electron chi connectivity index (χ2n) is 2.98. The minimum atomic E-state index is 0.195. The Bertz CT molecular complexity index is 284. The van der Waals surface area contributed by atoms with Crippen molar-refractivity contribution in [3.05, 3.63) is 23.8 Å². The quantitative estimate of drug-likeness (QED) is 0.777. The number of ether oxygens (including phenoxy) is 2. The minimum Gasteiger partial charge on any atom is -0.493 e. The van der Waals surface area contributed by atoms with Crippen LogP contribution in [0.25, 0.3) is 0 Å². The van der Waals surface area contributed by atoms with Crippen molar-refractivity contribution in [3.8, 4) is 11.5 Å². The molecule has 14 heavy (non-hydrogen) atoms. The molecule has 1 aromatic rings. The van der Waals surface area contributed by atoms with Crippen molar-refractivity contribution >= 4 is 0 Å². The summed E-state index contributed by atoms with van der Waals surface area (Å²) in [7, 11) is 3.24. The Morgan fingerprint density at radius 3 is 2.57 bits per heavy atom.